The van der Waals surface area contributed by atoms with Crippen LogP contribution in [0.4, 0.5) is 5.69 Å². The fourth-order valence-corrected chi connectivity index (χ4v) is 3.06. The highest BCUT2D eigenvalue weighted by molar-refractivity contribution is 9.10. The molecule has 0 spiro atoms. The molecule has 0 heterocycles. The minimum atomic E-state index is -0.0571. The van der Waals surface area contributed by atoms with Crippen molar-refractivity contribution in [1.29, 1.82) is 0 Å². The molecule has 0 saturated heterocycles. The van der Waals surface area contributed by atoms with E-state index >= 15 is 0 Å². The van der Waals surface area contributed by atoms with Crippen LogP contribution in [0.5, 0.6) is 17.2 Å². The number of amides is 1. The van der Waals surface area contributed by atoms with E-state index < -0.39 is 0 Å². The molecule has 0 saturated carbocycles. The van der Waals surface area contributed by atoms with Crippen molar-refractivity contribution in [3.05, 3.63) is 45.9 Å². The van der Waals surface area contributed by atoms with Gasteiger partial charge in [-0.1, -0.05) is 6.07 Å². The predicted octanol–water partition coefficient (Wildman–Crippen LogP) is 4.35. The van der Waals surface area contributed by atoms with Crippen LogP contribution in [-0.2, 0) is 11.2 Å². The summed E-state index contributed by atoms with van der Waals surface area (Å²) in [5, 5.41) is 2.91. The Morgan fingerprint density at radius 2 is 1.68 bits per heavy atom. The third-order valence-electron chi connectivity index (χ3n) is 3.76. The molecule has 0 unspecified atom stereocenters. The number of carbonyl (C=O) groups excluding carboxylic acids is 1. The van der Waals surface area contributed by atoms with Gasteiger partial charge < -0.3 is 19.5 Å². The molecule has 1 N–H and O–H groups in total. The highest BCUT2D eigenvalue weighted by atomic mass is 79.9. The lowest BCUT2D eigenvalue weighted by Crippen LogP contribution is -2.13. The van der Waals surface area contributed by atoms with Crippen LogP contribution in [0.25, 0.3) is 0 Å². The van der Waals surface area contributed by atoms with Crippen LogP contribution in [0.3, 0.4) is 0 Å². The Morgan fingerprint density at radius 3 is 2.20 bits per heavy atom. The Bertz CT molecular complexity index is 736. The molecule has 2 aromatic carbocycles. The number of aryl methyl sites for hydroxylation is 2. The molecule has 5 nitrogen and oxygen atoms in total. The van der Waals surface area contributed by atoms with E-state index in [1.165, 1.54) is 0 Å². The summed E-state index contributed by atoms with van der Waals surface area (Å²) in [6.45, 7) is 2.00. The summed E-state index contributed by atoms with van der Waals surface area (Å²) >= 11 is 3.46. The molecule has 1 amide bonds. The molecular weight excluding hydrogens is 386 g/mol. The van der Waals surface area contributed by atoms with Crippen LogP contribution >= 0.6 is 15.9 Å². The third-order valence-corrected chi connectivity index (χ3v) is 4.42. The van der Waals surface area contributed by atoms with Gasteiger partial charge in [0.15, 0.2) is 11.5 Å². The van der Waals surface area contributed by atoms with Gasteiger partial charge in [-0.15, -0.1) is 0 Å². The SMILES string of the molecule is COc1cc(CCC(=O)Nc2ccc(C)cc2Br)cc(OC)c1OC. The highest BCUT2D eigenvalue weighted by Gasteiger charge is 2.14. The summed E-state index contributed by atoms with van der Waals surface area (Å²) < 4.78 is 16.8. The van der Waals surface area contributed by atoms with Crippen molar-refractivity contribution < 1.29 is 19.0 Å². The van der Waals surface area contributed by atoms with Gasteiger partial charge in [0.1, 0.15) is 0 Å². The van der Waals surface area contributed by atoms with E-state index in [2.05, 4.69) is 21.2 Å². The number of methoxy groups -OCH3 is 3. The fourth-order valence-electron chi connectivity index (χ4n) is 2.47. The summed E-state index contributed by atoms with van der Waals surface area (Å²) in [6, 6.07) is 9.53. The van der Waals surface area contributed by atoms with Crippen molar-refractivity contribution >= 4 is 27.5 Å². The molecule has 0 bridgehead atoms. The van der Waals surface area contributed by atoms with Crippen molar-refractivity contribution in [2.45, 2.75) is 19.8 Å². The lowest BCUT2D eigenvalue weighted by Gasteiger charge is -2.14. The minimum absolute atomic E-state index is 0.0571. The first-order valence-corrected chi connectivity index (χ1v) is 8.62. The summed E-state index contributed by atoms with van der Waals surface area (Å²) in [5.74, 6) is 1.65. The van der Waals surface area contributed by atoms with E-state index in [1.807, 2.05) is 37.3 Å². The second-order valence-electron chi connectivity index (χ2n) is 5.57. The maximum absolute atomic E-state index is 12.2. The van der Waals surface area contributed by atoms with Crippen LogP contribution in [0.1, 0.15) is 17.5 Å². The number of anilines is 1. The summed E-state index contributed by atoms with van der Waals surface area (Å²) in [7, 11) is 4.71. The molecule has 0 radical (unpaired) electrons. The van der Waals surface area contributed by atoms with Gasteiger partial charge in [-0.3, -0.25) is 4.79 Å². The van der Waals surface area contributed by atoms with Crippen LogP contribution in [0.2, 0.25) is 0 Å². The zero-order valence-corrected chi connectivity index (χ0v) is 16.4. The quantitative estimate of drug-likeness (QED) is 0.740. The number of hydrogen-bond acceptors (Lipinski definition) is 4. The van der Waals surface area contributed by atoms with Crippen LogP contribution < -0.4 is 19.5 Å². The smallest absolute Gasteiger partial charge is 0.224 e. The van der Waals surface area contributed by atoms with Gasteiger partial charge in [0, 0.05) is 10.9 Å². The van der Waals surface area contributed by atoms with Crippen molar-refractivity contribution in [2.75, 3.05) is 26.6 Å². The van der Waals surface area contributed by atoms with Gasteiger partial charge >= 0.3 is 0 Å². The molecule has 0 aromatic heterocycles. The van der Waals surface area contributed by atoms with Crippen LogP contribution in [-0.4, -0.2) is 27.2 Å². The zero-order valence-electron chi connectivity index (χ0n) is 14.8. The van der Waals surface area contributed by atoms with E-state index in [0.717, 1.165) is 21.3 Å². The topological polar surface area (TPSA) is 56.8 Å². The molecule has 0 aliphatic rings. The number of benzene rings is 2. The van der Waals surface area contributed by atoms with Crippen molar-refractivity contribution in [3.8, 4) is 17.2 Å². The molecular formula is C19H22BrNO4. The molecule has 0 fully saturated rings. The maximum Gasteiger partial charge on any atom is 0.224 e. The van der Waals surface area contributed by atoms with Gasteiger partial charge in [0.2, 0.25) is 11.7 Å². The number of ether oxygens (including phenoxy) is 3. The molecule has 6 heteroatoms. The van der Waals surface area contributed by atoms with Gasteiger partial charge in [0.05, 0.1) is 27.0 Å². The first kappa shape index (κ1) is 19.1. The maximum atomic E-state index is 12.2. The first-order valence-electron chi connectivity index (χ1n) is 7.83. The van der Waals surface area contributed by atoms with E-state index in [0.29, 0.717) is 30.1 Å². The number of halogens is 1. The monoisotopic (exact) mass is 407 g/mol. The van der Waals surface area contributed by atoms with Crippen molar-refractivity contribution in [1.82, 2.24) is 0 Å². The van der Waals surface area contributed by atoms with Gasteiger partial charge in [-0.25, -0.2) is 0 Å². The molecule has 2 aromatic rings. The highest BCUT2D eigenvalue weighted by Crippen LogP contribution is 2.38. The Hall–Kier alpha value is -2.21. The van der Waals surface area contributed by atoms with Crippen LogP contribution in [0, 0.1) is 6.92 Å². The standard InChI is InChI=1S/C19H22BrNO4/c1-12-5-7-15(14(20)9-12)21-18(22)8-6-13-10-16(23-2)19(25-4)17(11-13)24-3/h5,7,9-11H,6,8H2,1-4H3,(H,21,22). The lowest BCUT2D eigenvalue weighted by molar-refractivity contribution is -0.116. The molecule has 0 atom stereocenters. The normalized spacial score (nSPS) is 10.3. The summed E-state index contributed by atoms with van der Waals surface area (Å²) in [6.07, 6.45) is 0.908. The minimum Gasteiger partial charge on any atom is -0.493 e. The molecule has 134 valence electrons. The summed E-state index contributed by atoms with van der Waals surface area (Å²) in [5.41, 5.74) is 2.83. The molecule has 0 aliphatic heterocycles. The first-order chi connectivity index (χ1) is 12.0. The van der Waals surface area contributed by atoms with Gasteiger partial charge in [-0.05, 0) is 64.7 Å². The lowest BCUT2D eigenvalue weighted by atomic mass is 10.1. The van der Waals surface area contributed by atoms with E-state index in [-0.39, 0.29) is 5.91 Å². The second-order valence-corrected chi connectivity index (χ2v) is 6.42. The average molecular weight is 408 g/mol. The summed E-state index contributed by atoms with van der Waals surface area (Å²) in [4.78, 5) is 12.2. The third kappa shape index (κ3) is 4.89. The Kier molecular flexibility index (Phi) is 6.70. The van der Waals surface area contributed by atoms with Crippen molar-refractivity contribution in [2.24, 2.45) is 0 Å². The Balaban J connectivity index is 2.06. The van der Waals surface area contributed by atoms with Crippen molar-refractivity contribution in [3.63, 3.8) is 0 Å². The number of nitrogens with one attached hydrogen (secondary N) is 1. The van der Waals surface area contributed by atoms with E-state index in [4.69, 9.17) is 14.2 Å². The number of carbonyl (C=O) groups is 1. The Labute approximate surface area is 156 Å². The molecule has 0 aliphatic carbocycles. The van der Waals surface area contributed by atoms with E-state index in [1.54, 1.807) is 21.3 Å². The number of rotatable bonds is 7. The second kappa shape index (κ2) is 8.76. The number of hydrogen-bond donors (Lipinski definition) is 1. The Morgan fingerprint density at radius 1 is 1.04 bits per heavy atom. The molecule has 25 heavy (non-hydrogen) atoms. The molecule has 2 rings (SSSR count). The van der Waals surface area contributed by atoms with E-state index in [9.17, 15) is 4.79 Å². The van der Waals surface area contributed by atoms with Gasteiger partial charge in [0.25, 0.3) is 0 Å². The predicted molar refractivity (Wildman–Crippen MR) is 102 cm³/mol. The largest absolute Gasteiger partial charge is 0.493 e. The fraction of sp³-hybridized carbons (Fsp3) is 0.316. The zero-order chi connectivity index (χ0) is 18.4. The van der Waals surface area contributed by atoms with Crippen LogP contribution in [0.15, 0.2) is 34.8 Å². The average Bonchev–Trinajstić information content (AvgIpc) is 2.61. The van der Waals surface area contributed by atoms with Gasteiger partial charge in [-0.2, -0.15) is 0 Å².